The largest absolute Gasteiger partial charge is 0.358 e. The van der Waals surface area contributed by atoms with Gasteiger partial charge in [-0.15, -0.1) is 35.9 Å². The van der Waals surface area contributed by atoms with Crippen molar-refractivity contribution in [3.05, 3.63) is 182 Å². The second-order valence-corrected chi connectivity index (χ2v) is 10.9. The van der Waals surface area contributed by atoms with Crippen molar-refractivity contribution in [2.24, 2.45) is 9.98 Å². The van der Waals surface area contributed by atoms with Gasteiger partial charge in [-0.1, -0.05) is 30.3 Å². The number of rotatable bonds is 8. The van der Waals surface area contributed by atoms with Crippen molar-refractivity contribution >= 4 is 35.4 Å². The first kappa shape index (κ1) is 48.9. The molecule has 0 unspecified atom stereocenters. The Labute approximate surface area is 345 Å². The predicted molar refractivity (Wildman–Crippen MR) is 188 cm³/mol. The van der Waals surface area contributed by atoms with E-state index in [9.17, 15) is 63.1 Å². The molecule has 0 saturated carbocycles. The van der Waals surface area contributed by atoms with Crippen molar-refractivity contribution < 1.29 is 86.8 Å². The van der Waals surface area contributed by atoms with Gasteiger partial charge in [0.25, 0.3) is 5.56 Å². The summed E-state index contributed by atoms with van der Waals surface area (Å²) in [4.78, 5) is 59.7. The van der Waals surface area contributed by atoms with E-state index in [0.717, 1.165) is 12.3 Å². The minimum Gasteiger partial charge on any atom is -0.358 e. The van der Waals surface area contributed by atoms with Crippen LogP contribution in [0.15, 0.2) is 98.6 Å². The Bertz CT molecular complexity index is 2640. The minimum absolute atomic E-state index is 0. The predicted octanol–water partition coefficient (Wildman–Crippen LogP) is 8.89. The van der Waals surface area contributed by atoms with E-state index < -0.39 is 97.8 Å². The summed E-state index contributed by atoms with van der Waals surface area (Å²) in [5, 5.41) is 0. The van der Waals surface area contributed by atoms with Crippen LogP contribution in [0.25, 0.3) is 22.4 Å². The number of nitrogens with zero attached hydrogens (tertiary/aromatic N) is 2. The van der Waals surface area contributed by atoms with Crippen LogP contribution in [0.3, 0.4) is 0 Å². The number of halogens is 10. The zero-order chi connectivity index (χ0) is 40.8. The Morgan fingerprint density at radius 1 is 0.559 bits per heavy atom. The quantitative estimate of drug-likeness (QED) is 0.0301. The Kier molecular flexibility index (Phi) is 17.4. The summed E-state index contributed by atoms with van der Waals surface area (Å²) in [5.41, 5.74) is -3.84. The van der Waals surface area contributed by atoms with Crippen LogP contribution in [0, 0.1) is 71.7 Å². The minimum atomic E-state index is -2.34. The fraction of sp³-hybridized carbons (Fsp3) is 0. The summed E-state index contributed by atoms with van der Waals surface area (Å²) >= 11 is 0. The number of Topliss-reactive ketones (excluding diaryl/α,β-unsaturated/α-hetero) is 2. The first-order valence-corrected chi connectivity index (χ1v) is 15.3. The van der Waals surface area contributed by atoms with Crippen molar-refractivity contribution in [2.45, 2.75) is 0 Å². The number of hydrogen-bond acceptors (Lipinski definition) is 6. The molecule has 20 heteroatoms. The molecule has 0 fully saturated rings. The van der Waals surface area contributed by atoms with E-state index >= 15 is 0 Å². The number of carbonyl (C=O) groups excluding carboxylic acids is 2. The van der Waals surface area contributed by atoms with Crippen LogP contribution in [-0.2, 0) is 33.3 Å². The van der Waals surface area contributed by atoms with Gasteiger partial charge in [-0.3, -0.25) is 19.2 Å². The number of nitrogens with one attached hydrogen (secondary N) is 2. The molecule has 0 saturated heterocycles. The number of H-pyrrole nitrogens is 2. The van der Waals surface area contributed by atoms with E-state index in [2.05, 4.69) is 26.0 Å². The maximum absolute atomic E-state index is 13.7. The number of ketones is 2. The van der Waals surface area contributed by atoms with Crippen molar-refractivity contribution in [3.8, 4) is 22.4 Å². The number of pyridine rings is 2. The average Bonchev–Trinajstić information content (AvgIpc) is 3.21. The molecule has 4 aromatic carbocycles. The first-order chi connectivity index (χ1) is 26.6. The van der Waals surface area contributed by atoms with Crippen LogP contribution in [-0.4, -0.2) is 34.0 Å². The Balaban J connectivity index is 0.000000387. The monoisotopic (exact) mass is 915 g/mol. The fourth-order valence-corrected chi connectivity index (χ4v) is 4.75. The van der Waals surface area contributed by atoms with Gasteiger partial charge in [0.1, 0.15) is 11.4 Å². The molecule has 0 bridgehead atoms. The van der Waals surface area contributed by atoms with Crippen LogP contribution in [0.5, 0.6) is 0 Å². The molecule has 2 N–H and O–H groups in total. The zero-order valence-corrected chi connectivity index (χ0v) is 31.1. The topological polar surface area (TPSA) is 125 Å². The molecule has 2 aromatic heterocycles. The van der Waals surface area contributed by atoms with Crippen molar-refractivity contribution in [1.29, 1.82) is 0 Å². The average molecular weight is 916 g/mol. The molecular weight excluding hydrogens is 896 g/mol. The van der Waals surface area contributed by atoms with Crippen LogP contribution < -0.4 is 11.1 Å². The molecule has 6 rings (SSSR count). The SMILES string of the molecule is O=C(C=Nc1c(F)c(F)c(F)c(F)c1F)c1cc[nH]c(=O)c1-c1[c-]cccc1.O=C(C=Nc1c(F)c(F)c(F)c(F)c1F)c1ccc(-c2ccccc2)[nH]c1=O.[CH3-].[Co].[Ni]. The second kappa shape index (κ2) is 21.0. The van der Waals surface area contributed by atoms with Gasteiger partial charge in [0.05, 0.1) is 18.0 Å². The van der Waals surface area contributed by atoms with Gasteiger partial charge in [-0.05, 0) is 34.9 Å². The molecule has 311 valence electrons. The maximum atomic E-state index is 13.7. The third kappa shape index (κ3) is 10.4. The van der Waals surface area contributed by atoms with Crippen molar-refractivity contribution in [2.75, 3.05) is 0 Å². The number of aromatic nitrogens is 2. The standard InChI is InChI=1S/C19H8F5N2O2.C19H9F5N2O2.CH3.Co.Ni/c20-13-14(21)16(23)18(17(24)15(13)22)26-8-11(27)10-6-7-25-19(28)12(10)9-4-2-1-3-5-9;20-13-14(21)16(23)18(17(24)15(13)22)25-8-12(27)10-6-7-11(26-19(10)28)9-4-2-1-3-5-9;;;/h1-4,6-8H,(H,25,28);1-8H,(H,26,28);1H3;;/q-1;;-1;;. The number of benzene rings is 4. The fourth-order valence-electron chi connectivity index (χ4n) is 4.75. The molecule has 1 radical (unpaired) electrons. The summed E-state index contributed by atoms with van der Waals surface area (Å²) < 4.78 is 133. The molecule has 0 aliphatic heterocycles. The summed E-state index contributed by atoms with van der Waals surface area (Å²) in [6, 6.07) is 21.5. The van der Waals surface area contributed by atoms with Crippen LogP contribution >= 0.6 is 0 Å². The van der Waals surface area contributed by atoms with Gasteiger partial charge in [-0.2, -0.15) is 0 Å². The summed E-state index contributed by atoms with van der Waals surface area (Å²) in [7, 11) is 0. The van der Waals surface area contributed by atoms with E-state index in [-0.39, 0.29) is 57.4 Å². The molecule has 0 aliphatic carbocycles. The van der Waals surface area contributed by atoms with Crippen molar-refractivity contribution in [1.82, 2.24) is 9.97 Å². The second-order valence-electron chi connectivity index (χ2n) is 10.9. The molecule has 0 atom stereocenters. The van der Waals surface area contributed by atoms with Gasteiger partial charge in [0.15, 0.2) is 52.3 Å². The number of aliphatic imine (C=N–C) groups is 2. The molecule has 0 amide bonds. The van der Waals surface area contributed by atoms with Crippen LogP contribution in [0.4, 0.5) is 55.3 Å². The van der Waals surface area contributed by atoms with Crippen LogP contribution in [0.2, 0.25) is 0 Å². The Hall–Kier alpha value is -6.24. The van der Waals surface area contributed by atoms with E-state index in [1.54, 1.807) is 42.5 Å². The molecule has 2 heterocycles. The first-order valence-electron chi connectivity index (χ1n) is 15.3. The third-order valence-corrected chi connectivity index (χ3v) is 7.46. The van der Waals surface area contributed by atoms with E-state index in [0.29, 0.717) is 23.7 Å². The van der Waals surface area contributed by atoms with Gasteiger partial charge in [0, 0.05) is 45.2 Å². The molecule has 0 spiro atoms. The molecular formula is C39H20CoF10N4NiO4-2. The molecule has 6 aromatic rings. The third-order valence-electron chi connectivity index (χ3n) is 7.46. The molecule has 8 nitrogen and oxygen atoms in total. The van der Waals surface area contributed by atoms with Crippen molar-refractivity contribution in [3.63, 3.8) is 0 Å². The Morgan fingerprint density at radius 2 is 1.02 bits per heavy atom. The molecule has 59 heavy (non-hydrogen) atoms. The van der Waals surface area contributed by atoms with E-state index in [4.69, 9.17) is 0 Å². The number of hydrogen-bond donors (Lipinski definition) is 2. The van der Waals surface area contributed by atoms with Gasteiger partial charge < -0.3 is 17.4 Å². The summed E-state index contributed by atoms with van der Waals surface area (Å²) in [6.45, 7) is 0. The van der Waals surface area contributed by atoms with Gasteiger partial charge >= 0.3 is 0 Å². The summed E-state index contributed by atoms with van der Waals surface area (Å²) in [6.07, 6.45) is 1.85. The van der Waals surface area contributed by atoms with E-state index in [1.807, 2.05) is 0 Å². The van der Waals surface area contributed by atoms with Gasteiger partial charge in [-0.25, -0.2) is 53.9 Å². The number of aromatic amines is 2. The van der Waals surface area contributed by atoms with E-state index in [1.165, 1.54) is 24.3 Å². The van der Waals surface area contributed by atoms with Gasteiger partial charge in [0.2, 0.25) is 23.0 Å². The maximum Gasteiger partial charge on any atom is 0.259 e. The normalized spacial score (nSPS) is 10.6. The van der Waals surface area contributed by atoms with Crippen LogP contribution in [0.1, 0.15) is 20.7 Å². The summed E-state index contributed by atoms with van der Waals surface area (Å²) in [5.74, 6) is -24.2. The zero-order valence-electron chi connectivity index (χ0n) is 29.1. The smallest absolute Gasteiger partial charge is 0.259 e. The molecule has 0 aliphatic rings. The Morgan fingerprint density at radius 3 is 1.47 bits per heavy atom. The number of carbonyl (C=O) groups is 2.